The third-order valence-corrected chi connectivity index (χ3v) is 5.04. The number of H-pyrrole nitrogens is 1. The van der Waals surface area contributed by atoms with Gasteiger partial charge in [-0.05, 0) is 52.2 Å². The zero-order valence-corrected chi connectivity index (χ0v) is 16.8. The lowest BCUT2D eigenvalue weighted by Gasteiger charge is -2.30. The molecule has 2 aromatic rings. The molecule has 7 heteroatoms. The second-order valence-electron chi connectivity index (χ2n) is 7.55. The number of fused-ring (bicyclic) bond motifs is 1. The standard InChI is InChI=1S/C21H29N3O4/c1-14(2)24(21(26)15(3)28-13-16-8-6-7-11-27-16)12-19-22-18-10-5-4-9-17(18)20(25)23-19/h4-5,9-10,14-16H,6-8,11-13H2,1-3H3,(H,22,23,25). The molecule has 1 N–H and O–H groups in total. The fourth-order valence-electron chi connectivity index (χ4n) is 3.38. The van der Waals surface area contributed by atoms with Crippen molar-refractivity contribution in [2.75, 3.05) is 13.2 Å². The molecule has 0 spiro atoms. The number of hydrogen-bond donors (Lipinski definition) is 1. The third kappa shape index (κ3) is 4.97. The summed E-state index contributed by atoms with van der Waals surface area (Å²) >= 11 is 0. The average molecular weight is 387 g/mol. The van der Waals surface area contributed by atoms with Gasteiger partial charge in [0.1, 0.15) is 11.9 Å². The lowest BCUT2D eigenvalue weighted by molar-refractivity contribution is -0.148. The summed E-state index contributed by atoms with van der Waals surface area (Å²) in [6.45, 7) is 7.04. The maximum Gasteiger partial charge on any atom is 0.258 e. The number of para-hydroxylation sites is 1. The Morgan fingerprint density at radius 1 is 1.32 bits per heavy atom. The number of hydrogen-bond acceptors (Lipinski definition) is 5. The summed E-state index contributed by atoms with van der Waals surface area (Å²) in [5.74, 6) is 0.343. The first-order chi connectivity index (χ1) is 13.5. The molecule has 1 aromatic carbocycles. The van der Waals surface area contributed by atoms with Crippen molar-refractivity contribution in [3.05, 3.63) is 40.4 Å². The van der Waals surface area contributed by atoms with Gasteiger partial charge in [0.2, 0.25) is 0 Å². The van der Waals surface area contributed by atoms with E-state index in [1.54, 1.807) is 30.0 Å². The summed E-state index contributed by atoms with van der Waals surface area (Å²) in [5.41, 5.74) is 0.423. The van der Waals surface area contributed by atoms with Crippen molar-refractivity contribution >= 4 is 16.8 Å². The lowest BCUT2D eigenvalue weighted by Crippen LogP contribution is -2.44. The summed E-state index contributed by atoms with van der Waals surface area (Å²) in [5, 5.41) is 0.540. The molecule has 3 rings (SSSR count). The first kappa shape index (κ1) is 20.5. The van der Waals surface area contributed by atoms with Crippen LogP contribution in [0.3, 0.4) is 0 Å². The van der Waals surface area contributed by atoms with Crippen LogP contribution in [0.5, 0.6) is 0 Å². The predicted octanol–water partition coefficient (Wildman–Crippen LogP) is 2.63. The molecule has 0 saturated carbocycles. The fraction of sp³-hybridized carbons (Fsp3) is 0.571. The van der Waals surface area contributed by atoms with Crippen molar-refractivity contribution in [3.63, 3.8) is 0 Å². The SMILES string of the molecule is CC(OCC1CCCCO1)C(=O)N(Cc1nc2ccccc2c(=O)[nH]1)C(C)C. The van der Waals surface area contributed by atoms with Gasteiger partial charge in [0, 0.05) is 12.6 Å². The van der Waals surface area contributed by atoms with E-state index in [0.717, 1.165) is 25.9 Å². The van der Waals surface area contributed by atoms with Gasteiger partial charge in [0.15, 0.2) is 0 Å². The minimum Gasteiger partial charge on any atom is -0.376 e. The van der Waals surface area contributed by atoms with Gasteiger partial charge in [-0.1, -0.05) is 12.1 Å². The van der Waals surface area contributed by atoms with E-state index < -0.39 is 6.10 Å². The van der Waals surface area contributed by atoms with Gasteiger partial charge in [-0.2, -0.15) is 0 Å². The first-order valence-corrected chi connectivity index (χ1v) is 9.97. The molecule has 2 heterocycles. The van der Waals surface area contributed by atoms with E-state index in [9.17, 15) is 9.59 Å². The summed E-state index contributed by atoms with van der Waals surface area (Å²) in [7, 11) is 0. The van der Waals surface area contributed by atoms with Crippen molar-refractivity contribution in [2.24, 2.45) is 0 Å². The molecular weight excluding hydrogens is 358 g/mol. The number of carbonyl (C=O) groups excluding carboxylic acids is 1. The fourth-order valence-corrected chi connectivity index (χ4v) is 3.38. The van der Waals surface area contributed by atoms with E-state index in [0.29, 0.717) is 23.3 Å². The van der Waals surface area contributed by atoms with Gasteiger partial charge in [-0.3, -0.25) is 9.59 Å². The summed E-state index contributed by atoms with van der Waals surface area (Å²) < 4.78 is 11.5. The van der Waals surface area contributed by atoms with Crippen molar-refractivity contribution in [1.82, 2.24) is 14.9 Å². The molecule has 1 aliphatic heterocycles. The molecule has 152 valence electrons. The second-order valence-corrected chi connectivity index (χ2v) is 7.55. The molecule has 28 heavy (non-hydrogen) atoms. The minimum absolute atomic E-state index is 0.0544. The molecule has 1 saturated heterocycles. The van der Waals surface area contributed by atoms with Crippen LogP contribution in [0.1, 0.15) is 45.9 Å². The van der Waals surface area contributed by atoms with E-state index in [1.165, 1.54) is 0 Å². The topological polar surface area (TPSA) is 84.5 Å². The number of ether oxygens (including phenoxy) is 2. The van der Waals surface area contributed by atoms with Gasteiger partial charge in [0.05, 0.1) is 30.2 Å². The molecular formula is C21H29N3O4. The molecule has 2 unspecified atom stereocenters. The van der Waals surface area contributed by atoms with Crippen LogP contribution in [0.2, 0.25) is 0 Å². The summed E-state index contributed by atoms with van der Waals surface area (Å²) in [4.78, 5) is 34.2. The van der Waals surface area contributed by atoms with E-state index in [-0.39, 0.29) is 30.2 Å². The lowest BCUT2D eigenvalue weighted by atomic mass is 10.1. The molecule has 1 fully saturated rings. The van der Waals surface area contributed by atoms with Crippen molar-refractivity contribution in [1.29, 1.82) is 0 Å². The van der Waals surface area contributed by atoms with Gasteiger partial charge >= 0.3 is 0 Å². The molecule has 1 aliphatic rings. The molecule has 1 amide bonds. The van der Waals surface area contributed by atoms with Crippen LogP contribution >= 0.6 is 0 Å². The molecule has 2 atom stereocenters. The first-order valence-electron chi connectivity index (χ1n) is 9.97. The average Bonchev–Trinajstić information content (AvgIpc) is 2.70. The molecule has 0 bridgehead atoms. The number of carbonyl (C=O) groups is 1. The number of rotatable bonds is 7. The zero-order chi connectivity index (χ0) is 20.1. The van der Waals surface area contributed by atoms with Crippen molar-refractivity contribution in [2.45, 2.75) is 64.8 Å². The van der Waals surface area contributed by atoms with Crippen LogP contribution in [0, 0.1) is 0 Å². The summed E-state index contributed by atoms with van der Waals surface area (Å²) in [6.07, 6.45) is 2.67. The van der Waals surface area contributed by atoms with E-state index in [4.69, 9.17) is 9.47 Å². The Morgan fingerprint density at radius 2 is 2.11 bits per heavy atom. The quantitative estimate of drug-likeness (QED) is 0.789. The van der Waals surface area contributed by atoms with Crippen LogP contribution < -0.4 is 5.56 Å². The monoisotopic (exact) mass is 387 g/mol. The van der Waals surface area contributed by atoms with Crippen molar-refractivity contribution < 1.29 is 14.3 Å². The van der Waals surface area contributed by atoms with E-state index >= 15 is 0 Å². The van der Waals surface area contributed by atoms with Gasteiger partial charge in [0.25, 0.3) is 11.5 Å². The number of nitrogens with one attached hydrogen (secondary N) is 1. The number of nitrogens with zero attached hydrogens (tertiary/aromatic N) is 2. The number of aromatic amines is 1. The molecule has 1 aromatic heterocycles. The van der Waals surface area contributed by atoms with Gasteiger partial charge < -0.3 is 19.4 Å². The van der Waals surface area contributed by atoms with E-state index in [1.807, 2.05) is 19.9 Å². The highest BCUT2D eigenvalue weighted by atomic mass is 16.5. The van der Waals surface area contributed by atoms with Gasteiger partial charge in [-0.25, -0.2) is 4.98 Å². The Labute approximate surface area is 165 Å². The van der Waals surface area contributed by atoms with Crippen LogP contribution in [-0.4, -0.2) is 52.2 Å². The zero-order valence-electron chi connectivity index (χ0n) is 16.8. The third-order valence-electron chi connectivity index (χ3n) is 5.04. The number of benzene rings is 1. The van der Waals surface area contributed by atoms with Crippen LogP contribution in [0.25, 0.3) is 10.9 Å². The second kappa shape index (κ2) is 9.30. The van der Waals surface area contributed by atoms with Crippen LogP contribution in [0.4, 0.5) is 0 Å². The molecule has 7 nitrogen and oxygen atoms in total. The van der Waals surface area contributed by atoms with Crippen LogP contribution in [0.15, 0.2) is 29.1 Å². The Hall–Kier alpha value is -2.25. The number of amides is 1. The Morgan fingerprint density at radius 3 is 2.82 bits per heavy atom. The van der Waals surface area contributed by atoms with Gasteiger partial charge in [-0.15, -0.1) is 0 Å². The highest BCUT2D eigenvalue weighted by molar-refractivity contribution is 5.81. The highest BCUT2D eigenvalue weighted by Gasteiger charge is 2.26. The highest BCUT2D eigenvalue weighted by Crippen LogP contribution is 2.15. The van der Waals surface area contributed by atoms with Crippen LogP contribution in [-0.2, 0) is 20.8 Å². The normalized spacial score (nSPS) is 18.4. The largest absolute Gasteiger partial charge is 0.376 e. The van der Waals surface area contributed by atoms with Crippen molar-refractivity contribution in [3.8, 4) is 0 Å². The Kier molecular flexibility index (Phi) is 6.80. The minimum atomic E-state index is -0.583. The maximum absolute atomic E-state index is 13.0. The van der Waals surface area contributed by atoms with E-state index in [2.05, 4.69) is 9.97 Å². The predicted molar refractivity (Wildman–Crippen MR) is 107 cm³/mol. The molecule has 0 aliphatic carbocycles. The summed E-state index contributed by atoms with van der Waals surface area (Å²) in [6, 6.07) is 7.12. The number of aromatic nitrogens is 2. The molecule has 0 radical (unpaired) electrons. The maximum atomic E-state index is 13.0. The Bertz CT molecular complexity index is 858. The smallest absolute Gasteiger partial charge is 0.258 e. The Balaban J connectivity index is 1.68.